The van der Waals surface area contributed by atoms with Crippen LogP contribution in [0.15, 0.2) is 18.2 Å². The van der Waals surface area contributed by atoms with Crippen molar-refractivity contribution in [3.05, 3.63) is 29.5 Å². The highest BCUT2D eigenvalue weighted by Crippen LogP contribution is 2.36. The molecule has 17 heavy (non-hydrogen) atoms. The number of aromatic carboxylic acids is 1. The third kappa shape index (κ3) is 1.91. The summed E-state index contributed by atoms with van der Waals surface area (Å²) in [4.78, 5) is 13.0. The first-order valence-corrected chi connectivity index (χ1v) is 4.52. The lowest BCUT2D eigenvalue weighted by Gasteiger charge is -2.09. The Labute approximate surface area is 92.8 Å². The predicted molar refractivity (Wildman–Crippen MR) is 54.7 cm³/mol. The maximum atomic E-state index is 12.5. The van der Waals surface area contributed by atoms with Crippen LogP contribution in [-0.4, -0.2) is 16.1 Å². The first kappa shape index (κ1) is 11.3. The number of carbonyl (C=O) groups is 1. The number of carboxylic acid groups (broad SMARTS) is 1. The Balaban J connectivity index is 2.68. The number of alkyl halides is 3. The number of halogens is 3. The topological polar surface area (TPSA) is 79.1 Å². The molecule has 2 rings (SSSR count). The van der Waals surface area contributed by atoms with E-state index < -0.39 is 23.4 Å². The van der Waals surface area contributed by atoms with E-state index in [1.54, 1.807) is 0 Å². The molecular formula is C10H7F3N2O2. The molecule has 90 valence electrons. The lowest BCUT2D eigenvalue weighted by molar-refractivity contribution is -0.136. The Hall–Kier alpha value is -2.18. The molecule has 4 nitrogen and oxygen atoms in total. The van der Waals surface area contributed by atoms with Gasteiger partial charge in [0.25, 0.3) is 0 Å². The molecule has 4 N–H and O–H groups in total. The van der Waals surface area contributed by atoms with Gasteiger partial charge in [-0.1, -0.05) is 0 Å². The lowest BCUT2D eigenvalue weighted by Crippen LogP contribution is -2.08. The molecule has 0 spiro atoms. The Bertz CT molecular complexity index is 601. The third-order valence-electron chi connectivity index (χ3n) is 2.33. The second kappa shape index (κ2) is 3.41. The maximum absolute atomic E-state index is 12.5. The van der Waals surface area contributed by atoms with Gasteiger partial charge in [0, 0.05) is 16.6 Å². The van der Waals surface area contributed by atoms with E-state index in [9.17, 15) is 18.0 Å². The summed E-state index contributed by atoms with van der Waals surface area (Å²) < 4.78 is 37.6. The lowest BCUT2D eigenvalue weighted by atomic mass is 10.1. The van der Waals surface area contributed by atoms with Gasteiger partial charge in [0.1, 0.15) is 5.69 Å². The standard InChI is InChI=1S/C10H7F3N2O2/c11-10(12,13)5-3-7-4(1-6(5)14)2-8(15-7)9(16)17/h1-3,15H,14H2,(H,16,17). The van der Waals surface area contributed by atoms with Crippen molar-refractivity contribution in [1.82, 2.24) is 4.98 Å². The zero-order valence-corrected chi connectivity index (χ0v) is 8.30. The molecule has 0 aliphatic rings. The number of benzene rings is 1. The molecule has 0 bridgehead atoms. The fourth-order valence-electron chi connectivity index (χ4n) is 1.56. The summed E-state index contributed by atoms with van der Waals surface area (Å²) in [5.74, 6) is -1.24. The fourth-order valence-corrected chi connectivity index (χ4v) is 1.56. The Morgan fingerprint density at radius 3 is 2.47 bits per heavy atom. The predicted octanol–water partition coefficient (Wildman–Crippen LogP) is 2.47. The molecule has 0 amide bonds. The molecular weight excluding hydrogens is 237 g/mol. The average molecular weight is 244 g/mol. The van der Waals surface area contributed by atoms with Gasteiger partial charge in [0.05, 0.1) is 5.56 Å². The summed E-state index contributed by atoms with van der Waals surface area (Å²) >= 11 is 0. The number of aromatic amines is 1. The molecule has 0 aliphatic carbocycles. The van der Waals surface area contributed by atoms with E-state index in [0.29, 0.717) is 5.39 Å². The fraction of sp³-hybridized carbons (Fsp3) is 0.100. The minimum Gasteiger partial charge on any atom is -0.477 e. The van der Waals surface area contributed by atoms with Gasteiger partial charge >= 0.3 is 12.1 Å². The monoisotopic (exact) mass is 244 g/mol. The van der Waals surface area contributed by atoms with Crippen LogP contribution in [0, 0.1) is 0 Å². The number of nitrogens with one attached hydrogen (secondary N) is 1. The Morgan fingerprint density at radius 2 is 1.94 bits per heavy atom. The van der Waals surface area contributed by atoms with E-state index in [0.717, 1.165) is 12.1 Å². The van der Waals surface area contributed by atoms with Crippen molar-refractivity contribution in [2.24, 2.45) is 0 Å². The van der Waals surface area contributed by atoms with Gasteiger partial charge in [-0.15, -0.1) is 0 Å². The van der Waals surface area contributed by atoms with Crippen molar-refractivity contribution < 1.29 is 23.1 Å². The van der Waals surface area contributed by atoms with Gasteiger partial charge in [-0.3, -0.25) is 0 Å². The van der Waals surface area contributed by atoms with E-state index in [1.165, 1.54) is 6.07 Å². The highest BCUT2D eigenvalue weighted by atomic mass is 19.4. The minimum absolute atomic E-state index is 0.0870. The van der Waals surface area contributed by atoms with Crippen LogP contribution in [0.1, 0.15) is 16.1 Å². The number of aromatic nitrogens is 1. The van der Waals surface area contributed by atoms with Gasteiger partial charge in [0.15, 0.2) is 0 Å². The largest absolute Gasteiger partial charge is 0.477 e. The van der Waals surface area contributed by atoms with Crippen LogP contribution in [0.5, 0.6) is 0 Å². The van der Waals surface area contributed by atoms with E-state index in [1.807, 2.05) is 0 Å². The number of anilines is 1. The van der Waals surface area contributed by atoms with E-state index >= 15 is 0 Å². The summed E-state index contributed by atoms with van der Waals surface area (Å²) in [5.41, 5.74) is 3.77. The molecule has 1 heterocycles. The first-order chi connectivity index (χ1) is 7.79. The number of carboxylic acids is 1. The van der Waals surface area contributed by atoms with Crippen molar-refractivity contribution >= 4 is 22.6 Å². The maximum Gasteiger partial charge on any atom is 0.418 e. The third-order valence-corrected chi connectivity index (χ3v) is 2.33. The molecule has 0 atom stereocenters. The van der Waals surface area contributed by atoms with E-state index in [4.69, 9.17) is 10.8 Å². The zero-order chi connectivity index (χ0) is 12.8. The van der Waals surface area contributed by atoms with Crippen LogP contribution in [0.2, 0.25) is 0 Å². The molecule has 0 fully saturated rings. The van der Waals surface area contributed by atoms with Gasteiger partial charge < -0.3 is 15.8 Å². The number of nitrogen functional groups attached to an aromatic ring is 1. The molecule has 0 unspecified atom stereocenters. The molecule has 1 aromatic carbocycles. The average Bonchev–Trinajstić information content (AvgIpc) is 2.57. The molecule has 7 heteroatoms. The van der Waals surface area contributed by atoms with Crippen molar-refractivity contribution in [1.29, 1.82) is 0 Å². The molecule has 2 aromatic rings. The van der Waals surface area contributed by atoms with Crippen LogP contribution in [0.4, 0.5) is 18.9 Å². The van der Waals surface area contributed by atoms with E-state index in [-0.39, 0.29) is 11.2 Å². The SMILES string of the molecule is Nc1cc2cc(C(=O)O)[nH]c2cc1C(F)(F)F. The quantitative estimate of drug-likeness (QED) is 0.674. The van der Waals surface area contributed by atoms with Crippen LogP contribution in [0.3, 0.4) is 0 Å². The number of hydrogen-bond donors (Lipinski definition) is 3. The van der Waals surface area contributed by atoms with Crippen molar-refractivity contribution in [3.63, 3.8) is 0 Å². The molecule has 0 saturated heterocycles. The summed E-state index contributed by atoms with van der Waals surface area (Å²) in [6, 6.07) is 3.13. The first-order valence-electron chi connectivity index (χ1n) is 4.52. The second-order valence-electron chi connectivity index (χ2n) is 3.51. The van der Waals surface area contributed by atoms with Crippen LogP contribution < -0.4 is 5.73 Å². The molecule has 1 aromatic heterocycles. The van der Waals surface area contributed by atoms with Gasteiger partial charge in [-0.2, -0.15) is 13.2 Å². The summed E-state index contributed by atoms with van der Waals surface area (Å²) in [7, 11) is 0. The summed E-state index contributed by atoms with van der Waals surface area (Å²) in [6.07, 6.45) is -4.56. The number of rotatable bonds is 1. The Morgan fingerprint density at radius 1 is 1.29 bits per heavy atom. The number of H-pyrrole nitrogens is 1. The second-order valence-corrected chi connectivity index (χ2v) is 3.51. The highest BCUT2D eigenvalue weighted by Gasteiger charge is 2.33. The smallest absolute Gasteiger partial charge is 0.418 e. The van der Waals surface area contributed by atoms with Crippen LogP contribution in [-0.2, 0) is 6.18 Å². The van der Waals surface area contributed by atoms with Gasteiger partial charge in [-0.05, 0) is 18.2 Å². The zero-order valence-electron chi connectivity index (χ0n) is 8.30. The van der Waals surface area contributed by atoms with Crippen molar-refractivity contribution in [3.8, 4) is 0 Å². The van der Waals surface area contributed by atoms with E-state index in [2.05, 4.69) is 4.98 Å². The number of hydrogen-bond acceptors (Lipinski definition) is 2. The number of nitrogens with two attached hydrogens (primary N) is 1. The normalized spacial score (nSPS) is 11.9. The summed E-state index contributed by atoms with van der Waals surface area (Å²) in [6.45, 7) is 0. The van der Waals surface area contributed by atoms with Crippen LogP contribution >= 0.6 is 0 Å². The van der Waals surface area contributed by atoms with Crippen molar-refractivity contribution in [2.45, 2.75) is 6.18 Å². The molecule has 0 aliphatic heterocycles. The minimum atomic E-state index is -4.56. The van der Waals surface area contributed by atoms with Gasteiger partial charge in [-0.25, -0.2) is 4.79 Å². The summed E-state index contributed by atoms with van der Waals surface area (Å²) in [5, 5.41) is 9.03. The molecule has 0 radical (unpaired) electrons. The highest BCUT2D eigenvalue weighted by molar-refractivity contribution is 5.95. The van der Waals surface area contributed by atoms with Gasteiger partial charge in [0.2, 0.25) is 0 Å². The molecule has 0 saturated carbocycles. The van der Waals surface area contributed by atoms with Crippen LogP contribution in [0.25, 0.3) is 10.9 Å². The number of fused-ring (bicyclic) bond motifs is 1. The van der Waals surface area contributed by atoms with Crippen molar-refractivity contribution in [2.75, 3.05) is 5.73 Å². The Kier molecular flexibility index (Phi) is 2.27.